The molecule has 0 aromatic heterocycles. The highest BCUT2D eigenvalue weighted by atomic mass is 32.2. The third-order valence-corrected chi connectivity index (χ3v) is 5.18. The molecular formula is C12H25N3O3S. The molecule has 1 amide bonds. The van der Waals surface area contributed by atoms with Gasteiger partial charge < -0.3 is 11.1 Å². The lowest BCUT2D eigenvalue weighted by Gasteiger charge is -2.31. The Morgan fingerprint density at radius 1 is 1.47 bits per heavy atom. The first kappa shape index (κ1) is 16.4. The fraction of sp³-hybridized carbons (Fsp3) is 0.917. The van der Waals surface area contributed by atoms with Crippen molar-refractivity contribution in [3.8, 4) is 0 Å². The predicted octanol–water partition coefficient (Wildman–Crippen LogP) is -0.0984. The molecule has 1 rings (SSSR count). The first-order chi connectivity index (χ1) is 8.68. The van der Waals surface area contributed by atoms with Crippen molar-refractivity contribution >= 4 is 15.9 Å². The van der Waals surface area contributed by atoms with Crippen molar-refractivity contribution in [1.82, 2.24) is 9.62 Å². The van der Waals surface area contributed by atoms with Crippen LogP contribution in [0.15, 0.2) is 0 Å². The van der Waals surface area contributed by atoms with Gasteiger partial charge in [-0.15, -0.1) is 0 Å². The lowest BCUT2D eigenvalue weighted by atomic mass is 9.91. The quantitative estimate of drug-likeness (QED) is 0.715. The van der Waals surface area contributed by atoms with Crippen LogP contribution in [0.2, 0.25) is 0 Å². The van der Waals surface area contributed by atoms with Gasteiger partial charge in [0.2, 0.25) is 15.9 Å². The molecule has 0 radical (unpaired) electrons. The molecule has 0 aromatic carbocycles. The number of nitrogens with one attached hydrogen (secondary N) is 1. The van der Waals surface area contributed by atoms with Crippen LogP contribution in [-0.4, -0.2) is 49.6 Å². The van der Waals surface area contributed by atoms with E-state index in [1.165, 1.54) is 4.31 Å². The second kappa shape index (κ2) is 6.19. The van der Waals surface area contributed by atoms with Crippen LogP contribution in [0.25, 0.3) is 0 Å². The number of hydrogen-bond donors (Lipinski definition) is 2. The van der Waals surface area contributed by atoms with E-state index in [2.05, 4.69) is 19.2 Å². The lowest BCUT2D eigenvalue weighted by Crippen LogP contribution is -2.54. The van der Waals surface area contributed by atoms with Crippen LogP contribution in [0, 0.1) is 5.92 Å². The SMILES string of the molecule is CC(C)CC(C)(CN)NC(=O)CN1CCCS1(=O)=O. The Kier molecular flexibility index (Phi) is 5.34. The number of carbonyl (C=O) groups is 1. The minimum Gasteiger partial charge on any atom is -0.349 e. The van der Waals surface area contributed by atoms with Crippen molar-refractivity contribution in [2.45, 2.75) is 39.2 Å². The maximum atomic E-state index is 12.0. The van der Waals surface area contributed by atoms with Gasteiger partial charge in [-0.05, 0) is 25.7 Å². The average Bonchev–Trinajstić information content (AvgIpc) is 2.56. The Morgan fingerprint density at radius 3 is 2.53 bits per heavy atom. The van der Waals surface area contributed by atoms with Gasteiger partial charge in [0.1, 0.15) is 0 Å². The smallest absolute Gasteiger partial charge is 0.235 e. The summed E-state index contributed by atoms with van der Waals surface area (Å²) in [5.41, 5.74) is 5.24. The average molecular weight is 291 g/mol. The van der Waals surface area contributed by atoms with Gasteiger partial charge in [-0.25, -0.2) is 8.42 Å². The number of nitrogens with zero attached hydrogens (tertiary/aromatic N) is 1. The van der Waals surface area contributed by atoms with E-state index < -0.39 is 15.6 Å². The molecule has 1 unspecified atom stereocenters. The first-order valence-electron chi connectivity index (χ1n) is 6.67. The van der Waals surface area contributed by atoms with E-state index in [9.17, 15) is 13.2 Å². The fourth-order valence-electron chi connectivity index (χ4n) is 2.49. The van der Waals surface area contributed by atoms with E-state index in [-0.39, 0.29) is 18.2 Å². The molecule has 3 N–H and O–H groups in total. The molecule has 1 fully saturated rings. The summed E-state index contributed by atoms with van der Waals surface area (Å²) in [7, 11) is -3.23. The van der Waals surface area contributed by atoms with E-state index in [0.717, 1.165) is 6.42 Å². The number of amides is 1. The summed E-state index contributed by atoms with van der Waals surface area (Å²) in [6, 6.07) is 0. The van der Waals surface area contributed by atoms with Crippen LogP contribution in [-0.2, 0) is 14.8 Å². The summed E-state index contributed by atoms with van der Waals surface area (Å²) in [6.45, 7) is 6.68. The minimum absolute atomic E-state index is 0.101. The van der Waals surface area contributed by atoms with Gasteiger partial charge in [0.25, 0.3) is 0 Å². The topological polar surface area (TPSA) is 92.5 Å². The Balaban J connectivity index is 2.59. The van der Waals surface area contributed by atoms with E-state index >= 15 is 0 Å². The van der Waals surface area contributed by atoms with Gasteiger partial charge in [-0.3, -0.25) is 4.79 Å². The molecule has 0 spiro atoms. The summed E-state index contributed by atoms with van der Waals surface area (Å²) < 4.78 is 24.5. The maximum Gasteiger partial charge on any atom is 0.235 e. The highest BCUT2D eigenvalue weighted by Gasteiger charge is 2.32. The van der Waals surface area contributed by atoms with Crippen LogP contribution < -0.4 is 11.1 Å². The molecule has 1 aliphatic heterocycles. The Bertz CT molecular complexity index is 422. The number of rotatable bonds is 6. The zero-order valence-electron chi connectivity index (χ0n) is 12.0. The molecule has 19 heavy (non-hydrogen) atoms. The molecule has 1 saturated heterocycles. The molecule has 6 nitrogen and oxygen atoms in total. The van der Waals surface area contributed by atoms with Crippen LogP contribution in [0.1, 0.15) is 33.6 Å². The summed E-state index contributed by atoms with van der Waals surface area (Å²) in [4.78, 5) is 12.0. The van der Waals surface area contributed by atoms with E-state index in [0.29, 0.717) is 25.4 Å². The Morgan fingerprint density at radius 2 is 2.11 bits per heavy atom. The number of hydrogen-bond acceptors (Lipinski definition) is 4. The minimum atomic E-state index is -3.23. The van der Waals surface area contributed by atoms with E-state index in [1.807, 2.05) is 6.92 Å². The predicted molar refractivity (Wildman–Crippen MR) is 75.0 cm³/mol. The molecule has 1 aliphatic rings. The largest absolute Gasteiger partial charge is 0.349 e. The van der Waals surface area contributed by atoms with Gasteiger partial charge >= 0.3 is 0 Å². The Labute approximate surface area is 115 Å². The summed E-state index contributed by atoms with van der Waals surface area (Å²) in [6.07, 6.45) is 1.36. The van der Waals surface area contributed by atoms with Gasteiger partial charge in [-0.2, -0.15) is 4.31 Å². The number of sulfonamides is 1. The number of nitrogens with two attached hydrogens (primary N) is 1. The third kappa shape index (κ3) is 4.74. The van der Waals surface area contributed by atoms with Gasteiger partial charge in [-0.1, -0.05) is 13.8 Å². The highest BCUT2D eigenvalue weighted by molar-refractivity contribution is 7.89. The standard InChI is InChI=1S/C12H25N3O3S/c1-10(2)7-12(3,9-13)14-11(16)8-15-5-4-6-19(15,17)18/h10H,4-9,13H2,1-3H3,(H,14,16). The number of carbonyl (C=O) groups excluding carboxylic acids is 1. The molecule has 7 heteroatoms. The molecule has 1 heterocycles. The van der Waals surface area contributed by atoms with Crippen molar-refractivity contribution in [2.24, 2.45) is 11.7 Å². The van der Waals surface area contributed by atoms with Crippen molar-refractivity contribution in [3.63, 3.8) is 0 Å². The van der Waals surface area contributed by atoms with Gasteiger partial charge in [0.15, 0.2) is 0 Å². The van der Waals surface area contributed by atoms with Gasteiger partial charge in [0, 0.05) is 18.6 Å². The third-order valence-electron chi connectivity index (χ3n) is 3.27. The molecular weight excluding hydrogens is 266 g/mol. The second-order valence-corrected chi connectivity index (χ2v) is 8.00. The zero-order valence-corrected chi connectivity index (χ0v) is 12.8. The normalized spacial score (nSPS) is 22.4. The molecule has 0 aromatic rings. The molecule has 0 aliphatic carbocycles. The van der Waals surface area contributed by atoms with Crippen LogP contribution in [0.5, 0.6) is 0 Å². The van der Waals surface area contributed by atoms with Crippen molar-refractivity contribution in [1.29, 1.82) is 0 Å². The summed E-state index contributed by atoms with van der Waals surface area (Å²) in [5.74, 6) is 0.268. The van der Waals surface area contributed by atoms with E-state index in [4.69, 9.17) is 5.73 Å². The maximum absolute atomic E-state index is 12.0. The van der Waals surface area contributed by atoms with Crippen LogP contribution in [0.3, 0.4) is 0 Å². The molecule has 112 valence electrons. The lowest BCUT2D eigenvalue weighted by molar-refractivity contribution is -0.123. The Hall–Kier alpha value is -0.660. The van der Waals surface area contributed by atoms with Crippen molar-refractivity contribution in [3.05, 3.63) is 0 Å². The molecule has 0 saturated carbocycles. The summed E-state index contributed by atoms with van der Waals surface area (Å²) in [5, 5.41) is 2.87. The monoisotopic (exact) mass is 291 g/mol. The molecule has 0 bridgehead atoms. The van der Waals surface area contributed by atoms with Crippen molar-refractivity contribution < 1.29 is 13.2 Å². The van der Waals surface area contributed by atoms with Gasteiger partial charge in [0.05, 0.1) is 12.3 Å². The zero-order chi connectivity index (χ0) is 14.7. The highest BCUT2D eigenvalue weighted by Crippen LogP contribution is 2.16. The second-order valence-electron chi connectivity index (χ2n) is 5.91. The first-order valence-corrected chi connectivity index (χ1v) is 8.28. The van der Waals surface area contributed by atoms with Crippen LogP contribution in [0.4, 0.5) is 0 Å². The van der Waals surface area contributed by atoms with Crippen molar-refractivity contribution in [2.75, 3.05) is 25.4 Å². The fourth-order valence-corrected chi connectivity index (χ4v) is 3.96. The molecule has 1 atom stereocenters. The van der Waals surface area contributed by atoms with Crippen LogP contribution >= 0.6 is 0 Å². The summed E-state index contributed by atoms with van der Waals surface area (Å²) >= 11 is 0. The van der Waals surface area contributed by atoms with E-state index in [1.54, 1.807) is 0 Å².